The van der Waals surface area contributed by atoms with Crippen LogP contribution in [0.25, 0.3) is 0 Å². The van der Waals surface area contributed by atoms with E-state index in [1.165, 1.54) is 0 Å². The molecule has 0 aliphatic carbocycles. The van der Waals surface area contributed by atoms with Gasteiger partial charge in [-0.2, -0.15) is 0 Å². The van der Waals surface area contributed by atoms with Crippen LogP contribution in [0.4, 0.5) is 17.1 Å². The van der Waals surface area contributed by atoms with Crippen molar-refractivity contribution < 1.29 is 14.3 Å². The van der Waals surface area contributed by atoms with E-state index in [0.717, 1.165) is 5.69 Å². The maximum Gasteiger partial charge on any atom is 0.243 e. The third-order valence-corrected chi connectivity index (χ3v) is 3.59. The van der Waals surface area contributed by atoms with Crippen molar-refractivity contribution in [3.8, 4) is 5.75 Å². The van der Waals surface area contributed by atoms with Gasteiger partial charge in [0.05, 0.1) is 6.54 Å². The standard InChI is InChI=1S/C21H25N3O3/c1-4-11-27-19-10-6-7-16(13-19)22-14-20(25)23-17-8-5-9-18(12-17)24-21(26)15(2)3/h4-10,12-13,15,22H,1,11,14H2,2-3H3,(H,23,25)(H,24,26). The average Bonchev–Trinajstić information content (AvgIpc) is 2.65. The highest BCUT2D eigenvalue weighted by Crippen LogP contribution is 2.18. The van der Waals surface area contributed by atoms with Gasteiger partial charge in [-0.15, -0.1) is 0 Å². The maximum absolute atomic E-state index is 12.2. The predicted octanol–water partition coefficient (Wildman–Crippen LogP) is 3.90. The lowest BCUT2D eigenvalue weighted by Gasteiger charge is -2.11. The number of hydrogen-bond donors (Lipinski definition) is 3. The summed E-state index contributed by atoms with van der Waals surface area (Å²) in [6, 6.07) is 14.4. The fourth-order valence-electron chi connectivity index (χ4n) is 2.20. The van der Waals surface area contributed by atoms with Crippen LogP contribution in [0.3, 0.4) is 0 Å². The summed E-state index contributed by atoms with van der Waals surface area (Å²) in [5, 5.41) is 8.67. The highest BCUT2D eigenvalue weighted by atomic mass is 16.5. The molecule has 2 aromatic carbocycles. The molecule has 0 aliphatic rings. The summed E-state index contributed by atoms with van der Waals surface area (Å²) in [6.07, 6.45) is 1.67. The van der Waals surface area contributed by atoms with Crippen molar-refractivity contribution in [2.24, 2.45) is 5.92 Å². The zero-order chi connectivity index (χ0) is 19.6. The van der Waals surface area contributed by atoms with E-state index in [9.17, 15) is 9.59 Å². The highest BCUT2D eigenvalue weighted by Gasteiger charge is 2.08. The Kier molecular flexibility index (Phi) is 7.43. The number of benzene rings is 2. The molecule has 0 aromatic heterocycles. The Hall–Kier alpha value is -3.28. The van der Waals surface area contributed by atoms with Crippen LogP contribution in [-0.2, 0) is 9.59 Å². The first kappa shape index (κ1) is 20.0. The molecule has 2 amide bonds. The Morgan fingerprint density at radius 1 is 1.04 bits per heavy atom. The summed E-state index contributed by atoms with van der Waals surface area (Å²) in [5.74, 6) is 0.325. The summed E-state index contributed by atoms with van der Waals surface area (Å²) in [5.41, 5.74) is 2.04. The molecular formula is C21H25N3O3. The lowest BCUT2D eigenvalue weighted by atomic mass is 10.2. The number of ether oxygens (including phenoxy) is 1. The van der Waals surface area contributed by atoms with Gasteiger partial charge >= 0.3 is 0 Å². The molecule has 3 N–H and O–H groups in total. The van der Waals surface area contributed by atoms with Crippen molar-refractivity contribution in [1.29, 1.82) is 0 Å². The third kappa shape index (κ3) is 6.86. The van der Waals surface area contributed by atoms with Crippen LogP contribution < -0.4 is 20.7 Å². The molecule has 0 fully saturated rings. The highest BCUT2D eigenvalue weighted by molar-refractivity contribution is 5.96. The molecule has 2 rings (SSSR count). The second-order valence-electron chi connectivity index (χ2n) is 6.25. The third-order valence-electron chi connectivity index (χ3n) is 3.59. The van der Waals surface area contributed by atoms with E-state index in [0.29, 0.717) is 23.7 Å². The Morgan fingerprint density at radius 2 is 1.70 bits per heavy atom. The molecule has 142 valence electrons. The van der Waals surface area contributed by atoms with Crippen molar-refractivity contribution in [3.63, 3.8) is 0 Å². The normalized spacial score (nSPS) is 10.2. The Balaban J connectivity index is 1.89. The number of nitrogens with one attached hydrogen (secondary N) is 3. The van der Waals surface area contributed by atoms with E-state index in [-0.39, 0.29) is 24.3 Å². The molecule has 6 nitrogen and oxygen atoms in total. The first-order valence-electron chi connectivity index (χ1n) is 8.76. The van der Waals surface area contributed by atoms with Gasteiger partial charge in [-0.3, -0.25) is 9.59 Å². The number of amides is 2. The lowest BCUT2D eigenvalue weighted by Crippen LogP contribution is -2.22. The smallest absolute Gasteiger partial charge is 0.243 e. The minimum absolute atomic E-state index is 0.0706. The molecule has 2 aromatic rings. The molecule has 0 unspecified atom stereocenters. The number of hydrogen-bond acceptors (Lipinski definition) is 4. The number of carbonyl (C=O) groups excluding carboxylic acids is 2. The molecule has 0 saturated carbocycles. The van der Waals surface area contributed by atoms with Gasteiger partial charge < -0.3 is 20.7 Å². The summed E-state index contributed by atoms with van der Waals surface area (Å²) in [7, 11) is 0. The van der Waals surface area contributed by atoms with Crippen LogP contribution in [0.15, 0.2) is 61.2 Å². The monoisotopic (exact) mass is 367 g/mol. The van der Waals surface area contributed by atoms with Crippen molar-refractivity contribution in [3.05, 3.63) is 61.2 Å². The molecule has 0 atom stereocenters. The molecule has 6 heteroatoms. The molecule has 0 radical (unpaired) electrons. The van der Waals surface area contributed by atoms with Crippen LogP contribution in [0.2, 0.25) is 0 Å². The van der Waals surface area contributed by atoms with Crippen LogP contribution in [0.1, 0.15) is 13.8 Å². The van der Waals surface area contributed by atoms with Crippen molar-refractivity contribution in [2.45, 2.75) is 13.8 Å². The minimum atomic E-state index is -0.195. The number of rotatable bonds is 9. The molecule has 0 heterocycles. The topological polar surface area (TPSA) is 79.5 Å². The molecule has 0 spiro atoms. The Morgan fingerprint density at radius 3 is 2.41 bits per heavy atom. The minimum Gasteiger partial charge on any atom is -0.489 e. The fourth-order valence-corrected chi connectivity index (χ4v) is 2.20. The van der Waals surface area contributed by atoms with E-state index in [1.54, 1.807) is 30.3 Å². The number of carbonyl (C=O) groups is 2. The average molecular weight is 367 g/mol. The lowest BCUT2D eigenvalue weighted by molar-refractivity contribution is -0.119. The molecule has 27 heavy (non-hydrogen) atoms. The molecule has 0 saturated heterocycles. The summed E-state index contributed by atoms with van der Waals surface area (Å²) >= 11 is 0. The van der Waals surface area contributed by atoms with E-state index in [1.807, 2.05) is 38.1 Å². The van der Waals surface area contributed by atoms with E-state index >= 15 is 0 Å². The second kappa shape index (κ2) is 10.0. The van der Waals surface area contributed by atoms with Gasteiger partial charge in [-0.05, 0) is 30.3 Å². The number of anilines is 3. The van der Waals surface area contributed by atoms with Crippen molar-refractivity contribution in [2.75, 3.05) is 29.1 Å². The first-order chi connectivity index (χ1) is 13.0. The zero-order valence-electron chi connectivity index (χ0n) is 15.6. The van der Waals surface area contributed by atoms with Gasteiger partial charge in [0.1, 0.15) is 12.4 Å². The van der Waals surface area contributed by atoms with E-state index < -0.39 is 0 Å². The molecule has 0 bridgehead atoms. The maximum atomic E-state index is 12.2. The Bertz CT molecular complexity index is 803. The van der Waals surface area contributed by atoms with Gasteiger partial charge in [-0.25, -0.2) is 0 Å². The largest absolute Gasteiger partial charge is 0.489 e. The van der Waals surface area contributed by atoms with Crippen LogP contribution in [-0.4, -0.2) is 25.0 Å². The SMILES string of the molecule is C=CCOc1cccc(NCC(=O)Nc2cccc(NC(=O)C(C)C)c2)c1. The van der Waals surface area contributed by atoms with Gasteiger partial charge in [-0.1, -0.05) is 38.6 Å². The summed E-state index contributed by atoms with van der Waals surface area (Å²) in [6.45, 7) is 7.79. The van der Waals surface area contributed by atoms with E-state index in [2.05, 4.69) is 22.5 Å². The van der Waals surface area contributed by atoms with E-state index in [4.69, 9.17) is 4.74 Å². The molecule has 0 aliphatic heterocycles. The first-order valence-corrected chi connectivity index (χ1v) is 8.76. The van der Waals surface area contributed by atoms with Crippen LogP contribution in [0.5, 0.6) is 5.75 Å². The van der Waals surface area contributed by atoms with Crippen molar-refractivity contribution in [1.82, 2.24) is 0 Å². The van der Waals surface area contributed by atoms with Crippen LogP contribution in [0, 0.1) is 5.92 Å². The fraction of sp³-hybridized carbons (Fsp3) is 0.238. The second-order valence-corrected chi connectivity index (χ2v) is 6.25. The van der Waals surface area contributed by atoms with Gasteiger partial charge in [0, 0.05) is 29.0 Å². The van der Waals surface area contributed by atoms with Crippen molar-refractivity contribution >= 4 is 28.9 Å². The molecular weight excluding hydrogens is 342 g/mol. The zero-order valence-corrected chi connectivity index (χ0v) is 15.6. The Labute approximate surface area is 159 Å². The van der Waals surface area contributed by atoms with Crippen LogP contribution >= 0.6 is 0 Å². The quantitative estimate of drug-likeness (QED) is 0.587. The summed E-state index contributed by atoms with van der Waals surface area (Å²) in [4.78, 5) is 24.0. The van der Waals surface area contributed by atoms with Gasteiger partial charge in [0.15, 0.2) is 0 Å². The predicted molar refractivity (Wildman–Crippen MR) is 109 cm³/mol. The summed E-state index contributed by atoms with van der Waals surface area (Å²) < 4.78 is 5.47. The van der Waals surface area contributed by atoms with Gasteiger partial charge in [0.25, 0.3) is 0 Å². The van der Waals surface area contributed by atoms with Gasteiger partial charge in [0.2, 0.25) is 11.8 Å².